The molecule has 1 atom stereocenters. The van der Waals surface area contributed by atoms with E-state index in [4.69, 9.17) is 56.8 Å². The first kappa shape index (κ1) is 24.3. The maximum absolute atomic E-state index is 9.57. The van der Waals surface area contributed by atoms with Crippen LogP contribution in [0.25, 0.3) is 0 Å². The van der Waals surface area contributed by atoms with Crippen molar-refractivity contribution in [1.82, 2.24) is 0 Å². The Labute approximate surface area is 97.0 Å². The molecule has 0 radical (unpaired) electrons. The quantitative estimate of drug-likeness (QED) is 0.267. The lowest BCUT2D eigenvalue weighted by Crippen LogP contribution is -2.25. The van der Waals surface area contributed by atoms with Crippen LogP contribution in [0.3, 0.4) is 0 Å². The lowest BCUT2D eigenvalue weighted by atomic mass is 10.4. The van der Waals surface area contributed by atoms with E-state index < -0.39 is 27.3 Å². The summed E-state index contributed by atoms with van der Waals surface area (Å²) in [6.45, 7) is 1.42. The van der Waals surface area contributed by atoms with Crippen molar-refractivity contribution in [3.05, 3.63) is 30.3 Å². The Hall–Kier alpha value is -2.97. The molecule has 0 saturated heterocycles. The van der Waals surface area contributed by atoms with Gasteiger partial charge < -0.3 is 26.5 Å². The molecule has 0 aromatic heterocycles. The van der Waals surface area contributed by atoms with Crippen molar-refractivity contribution in [3.63, 3.8) is 0 Å². The zero-order valence-corrected chi connectivity index (χ0v) is 8.64. The molecule has 108 valence electrons. The summed E-state index contributed by atoms with van der Waals surface area (Å²) in [4.78, 5) is 34.7. The van der Waals surface area contributed by atoms with E-state index in [1.165, 1.54) is 6.92 Å². The van der Waals surface area contributed by atoms with Gasteiger partial charge in [0, 0.05) is 0 Å². The van der Waals surface area contributed by atoms with E-state index in [0.29, 0.717) is 0 Å². The maximum Gasteiger partial charge on any atom is 0.320 e. The summed E-state index contributed by atoms with van der Waals surface area (Å²) in [5.41, 5.74) is 4.84. The molecule has 6 N–H and O–H groups in total. The smallest absolute Gasteiger partial charge is 0.320 e. The fourth-order valence-electron chi connectivity index (χ4n) is 0. The monoisotopic (exact) mass is 278 g/mol. The van der Waals surface area contributed by atoms with Crippen LogP contribution in [0.4, 0.5) is 0 Å². The van der Waals surface area contributed by atoms with Crippen molar-refractivity contribution >= 4 is 5.97 Å². The molecule has 18 heavy (non-hydrogen) atoms. The number of hydrogen-bond donors (Lipinski definition) is 5. The molecule has 0 aromatic carbocycles. The second-order valence-electron chi connectivity index (χ2n) is 1.84. The van der Waals surface area contributed by atoms with E-state index in [9.17, 15) is 4.79 Å². The van der Waals surface area contributed by atoms with Gasteiger partial charge in [-0.25, -0.2) is 0 Å². The minimum Gasteiger partial charge on any atom is -0.480 e. The van der Waals surface area contributed by atoms with Crippen LogP contribution in [0.2, 0.25) is 0 Å². The molecule has 0 spiro atoms. The van der Waals surface area contributed by atoms with Crippen molar-refractivity contribution in [2.24, 2.45) is 5.73 Å². The summed E-state index contributed by atoms with van der Waals surface area (Å²) >= 11 is 0. The van der Waals surface area contributed by atoms with Crippen molar-refractivity contribution in [1.29, 1.82) is 0 Å². The van der Waals surface area contributed by atoms with Gasteiger partial charge in [0.25, 0.3) is 15.3 Å². The molecular formula is C3H10N4O11. The van der Waals surface area contributed by atoms with Crippen molar-refractivity contribution in [2.75, 3.05) is 0 Å². The molecule has 0 fully saturated rings. The highest BCUT2D eigenvalue weighted by Crippen LogP contribution is 1.68. The SMILES string of the molecule is C[C@H](N)C(=O)O.O=[N+]([O-])O.O=[N+]([O-])O.O=[N+]([O-])O. The topological polar surface area (TPSA) is 253 Å². The third-order valence-corrected chi connectivity index (χ3v) is 0.390. The number of aliphatic carboxylic acids is 1. The van der Waals surface area contributed by atoms with Crippen LogP contribution in [-0.2, 0) is 4.79 Å². The average molecular weight is 278 g/mol. The number of carboxylic acid groups (broad SMARTS) is 1. The largest absolute Gasteiger partial charge is 0.480 e. The van der Waals surface area contributed by atoms with Crippen molar-refractivity contribution < 1.29 is 40.8 Å². The molecule has 0 rings (SSSR count). The van der Waals surface area contributed by atoms with Gasteiger partial charge in [0.1, 0.15) is 6.04 Å². The Balaban J connectivity index is -0.0000000742. The molecule has 0 bridgehead atoms. The van der Waals surface area contributed by atoms with Gasteiger partial charge in [-0.3, -0.25) is 4.79 Å². The summed E-state index contributed by atoms with van der Waals surface area (Å²) in [6.07, 6.45) is 0. The minimum atomic E-state index is -1.50. The molecule has 0 amide bonds. The Morgan fingerprint density at radius 3 is 1.06 bits per heavy atom. The van der Waals surface area contributed by atoms with Gasteiger partial charge in [0.05, 0.1) is 0 Å². The number of nitrogens with zero attached hydrogens (tertiary/aromatic N) is 3. The van der Waals surface area contributed by atoms with E-state index in [0.717, 1.165) is 0 Å². The predicted molar refractivity (Wildman–Crippen MR) is 47.6 cm³/mol. The van der Waals surface area contributed by atoms with Crippen LogP contribution >= 0.6 is 0 Å². The molecule has 0 aliphatic carbocycles. The fourth-order valence-corrected chi connectivity index (χ4v) is 0. The molecule has 0 unspecified atom stereocenters. The molecule has 0 heterocycles. The number of hydrogen-bond acceptors (Lipinski definition) is 8. The van der Waals surface area contributed by atoms with E-state index in [1.807, 2.05) is 0 Å². The lowest BCUT2D eigenvalue weighted by molar-refractivity contribution is -0.742. The van der Waals surface area contributed by atoms with Gasteiger partial charge >= 0.3 is 5.97 Å². The van der Waals surface area contributed by atoms with E-state index in [2.05, 4.69) is 0 Å². The zero-order valence-electron chi connectivity index (χ0n) is 8.64. The Kier molecular flexibility index (Phi) is 22.2. The number of nitrogens with two attached hydrogens (primary N) is 1. The van der Waals surface area contributed by atoms with Gasteiger partial charge in [0.15, 0.2) is 0 Å². The second-order valence-corrected chi connectivity index (χ2v) is 1.84. The van der Waals surface area contributed by atoms with Gasteiger partial charge in [0.2, 0.25) is 0 Å². The summed E-state index contributed by atoms with van der Waals surface area (Å²) in [7, 11) is 0. The van der Waals surface area contributed by atoms with Gasteiger partial charge in [-0.15, -0.1) is 30.3 Å². The Morgan fingerprint density at radius 1 is 1.00 bits per heavy atom. The van der Waals surface area contributed by atoms with Crippen LogP contribution in [0.5, 0.6) is 0 Å². The zero-order chi connectivity index (χ0) is 15.9. The number of rotatable bonds is 1. The summed E-state index contributed by atoms with van der Waals surface area (Å²) in [5.74, 6) is -0.963. The van der Waals surface area contributed by atoms with Gasteiger partial charge in [-0.1, -0.05) is 0 Å². The predicted octanol–water partition coefficient (Wildman–Crippen LogP) is -1.62. The van der Waals surface area contributed by atoms with E-state index in [-0.39, 0.29) is 0 Å². The molecule has 0 aliphatic heterocycles. The van der Waals surface area contributed by atoms with Crippen molar-refractivity contribution in [2.45, 2.75) is 13.0 Å². The molecule has 15 nitrogen and oxygen atoms in total. The van der Waals surface area contributed by atoms with Gasteiger partial charge in [-0.05, 0) is 6.92 Å². The Bertz CT molecular complexity index is 222. The number of carbonyl (C=O) groups is 1. The highest BCUT2D eigenvalue weighted by atomic mass is 16.9. The van der Waals surface area contributed by atoms with Crippen LogP contribution < -0.4 is 5.73 Å². The van der Waals surface area contributed by atoms with Crippen LogP contribution in [0.15, 0.2) is 0 Å². The van der Waals surface area contributed by atoms with Crippen LogP contribution in [0, 0.1) is 30.3 Å². The summed E-state index contributed by atoms with van der Waals surface area (Å²) < 4.78 is 0. The molecular weight excluding hydrogens is 268 g/mol. The molecule has 0 aliphatic rings. The second kappa shape index (κ2) is 16.5. The average Bonchev–Trinajstić information content (AvgIpc) is 1.99. The van der Waals surface area contributed by atoms with Gasteiger partial charge in [-0.2, -0.15) is 0 Å². The summed E-state index contributed by atoms with van der Waals surface area (Å²) in [5, 5.41) is 48.8. The highest BCUT2D eigenvalue weighted by molar-refractivity contribution is 5.72. The van der Waals surface area contributed by atoms with E-state index >= 15 is 0 Å². The van der Waals surface area contributed by atoms with Crippen LogP contribution in [0.1, 0.15) is 6.92 Å². The highest BCUT2D eigenvalue weighted by Gasteiger charge is 1.99. The van der Waals surface area contributed by atoms with E-state index in [1.54, 1.807) is 0 Å². The normalized spacial score (nSPS) is 8.56. The third-order valence-electron chi connectivity index (χ3n) is 0.390. The first-order chi connectivity index (χ1) is 7.84. The standard InChI is InChI=1S/C3H7NO2.3HNO3/c1-2(4)3(5)6;3*2-1(3)4/h2H,4H2,1H3,(H,5,6);3*(H,2,3,4)/t2-;;;/m0.../s1. The minimum absolute atomic E-state index is 0.731. The molecule has 15 heteroatoms. The molecule has 0 aromatic rings. The van der Waals surface area contributed by atoms with Crippen molar-refractivity contribution in [3.8, 4) is 0 Å². The number of carboxylic acids is 1. The lowest BCUT2D eigenvalue weighted by Gasteiger charge is -1.90. The first-order valence-electron chi connectivity index (χ1n) is 3.32. The summed E-state index contributed by atoms with van der Waals surface area (Å²) in [6, 6.07) is -0.731. The Morgan fingerprint density at radius 2 is 1.06 bits per heavy atom. The fraction of sp³-hybridized carbons (Fsp3) is 0.667. The first-order valence-corrected chi connectivity index (χ1v) is 3.32. The molecule has 0 saturated carbocycles. The third kappa shape index (κ3) is 1780. The maximum atomic E-state index is 9.57. The van der Waals surface area contributed by atoms with Crippen LogP contribution in [-0.4, -0.2) is 48.0 Å².